The van der Waals surface area contributed by atoms with Gasteiger partial charge in [-0.2, -0.15) is 13.2 Å². The molecule has 0 aliphatic carbocycles. The fourth-order valence-electron chi connectivity index (χ4n) is 3.40. The number of hydrogen-bond acceptors (Lipinski definition) is 5. The summed E-state index contributed by atoms with van der Waals surface area (Å²) in [4.78, 5) is 14.7. The van der Waals surface area contributed by atoms with Crippen LogP contribution >= 0.6 is 0 Å². The first-order valence-corrected chi connectivity index (χ1v) is 9.43. The molecule has 1 aliphatic heterocycles. The van der Waals surface area contributed by atoms with Crippen molar-refractivity contribution in [2.24, 2.45) is 0 Å². The number of halogens is 3. The van der Waals surface area contributed by atoms with Crippen LogP contribution in [0, 0.1) is 0 Å². The maximum Gasteiger partial charge on any atom is 0.470 e. The first kappa shape index (κ1) is 19.9. The standard InChI is InChI=1S/C21H18F3N3O3/c22-21(23,24)20-26-25-18(30-20)14-7-6-12-27(13-14)19(28)16-10-4-5-11-17(16)29-15-8-2-1-3-9-15/h1-5,8-11,14H,6-7,12-13H2. The van der Waals surface area contributed by atoms with Gasteiger partial charge in [-0.3, -0.25) is 4.79 Å². The van der Waals surface area contributed by atoms with Crippen molar-refractivity contribution in [1.29, 1.82) is 0 Å². The molecule has 156 valence electrons. The van der Waals surface area contributed by atoms with Crippen molar-refractivity contribution in [2.45, 2.75) is 24.9 Å². The van der Waals surface area contributed by atoms with E-state index in [9.17, 15) is 18.0 Å². The van der Waals surface area contributed by atoms with E-state index >= 15 is 0 Å². The van der Waals surface area contributed by atoms with E-state index in [2.05, 4.69) is 10.2 Å². The minimum atomic E-state index is -4.69. The summed E-state index contributed by atoms with van der Waals surface area (Å²) in [5.74, 6) is -1.18. The predicted octanol–water partition coefficient (Wildman–Crippen LogP) is 4.90. The van der Waals surface area contributed by atoms with Gasteiger partial charge in [-0.05, 0) is 37.1 Å². The van der Waals surface area contributed by atoms with Crippen molar-refractivity contribution in [2.75, 3.05) is 13.1 Å². The van der Waals surface area contributed by atoms with E-state index in [-0.39, 0.29) is 18.3 Å². The van der Waals surface area contributed by atoms with Crippen LogP contribution in [0.15, 0.2) is 59.0 Å². The van der Waals surface area contributed by atoms with Crippen LogP contribution in [0.3, 0.4) is 0 Å². The van der Waals surface area contributed by atoms with Crippen molar-refractivity contribution in [3.8, 4) is 11.5 Å². The Bertz CT molecular complexity index is 1020. The molecule has 1 saturated heterocycles. The molecule has 1 aliphatic rings. The number of nitrogens with zero attached hydrogens (tertiary/aromatic N) is 3. The molecule has 0 N–H and O–H groups in total. The summed E-state index contributed by atoms with van der Waals surface area (Å²) >= 11 is 0. The summed E-state index contributed by atoms with van der Waals surface area (Å²) < 4.78 is 48.9. The number of hydrogen-bond donors (Lipinski definition) is 0. The van der Waals surface area contributed by atoms with Crippen LogP contribution in [0.5, 0.6) is 11.5 Å². The number of carbonyl (C=O) groups excluding carboxylic acids is 1. The van der Waals surface area contributed by atoms with Crippen LogP contribution < -0.4 is 4.74 Å². The van der Waals surface area contributed by atoms with Crippen LogP contribution in [0.2, 0.25) is 0 Å². The number of para-hydroxylation sites is 2. The first-order valence-electron chi connectivity index (χ1n) is 9.43. The molecule has 2 aromatic carbocycles. The van der Waals surface area contributed by atoms with Gasteiger partial charge in [-0.25, -0.2) is 0 Å². The fourth-order valence-corrected chi connectivity index (χ4v) is 3.40. The summed E-state index contributed by atoms with van der Waals surface area (Å²) in [5.41, 5.74) is 0.378. The van der Waals surface area contributed by atoms with Crippen LogP contribution in [0.1, 0.15) is 40.9 Å². The normalized spacial score (nSPS) is 17.0. The van der Waals surface area contributed by atoms with Crippen LogP contribution in [-0.4, -0.2) is 34.1 Å². The number of ether oxygens (including phenoxy) is 1. The summed E-state index contributed by atoms with van der Waals surface area (Å²) in [6, 6.07) is 16.0. The Morgan fingerprint density at radius 1 is 1.07 bits per heavy atom. The zero-order valence-electron chi connectivity index (χ0n) is 15.8. The van der Waals surface area contributed by atoms with Crippen molar-refractivity contribution in [3.05, 3.63) is 71.9 Å². The number of benzene rings is 2. The van der Waals surface area contributed by atoms with Crippen molar-refractivity contribution < 1.29 is 27.1 Å². The number of aromatic nitrogens is 2. The van der Waals surface area contributed by atoms with Crippen molar-refractivity contribution in [1.82, 2.24) is 15.1 Å². The highest BCUT2D eigenvalue weighted by Gasteiger charge is 2.39. The molecule has 0 bridgehead atoms. The number of alkyl halides is 3. The molecule has 3 aromatic rings. The summed E-state index contributed by atoms with van der Waals surface area (Å²) in [6.45, 7) is 0.674. The number of piperidine rings is 1. The molecule has 1 amide bonds. The van der Waals surface area contributed by atoms with Gasteiger partial charge in [0.15, 0.2) is 0 Å². The second-order valence-electron chi connectivity index (χ2n) is 6.94. The molecule has 9 heteroatoms. The Labute approximate surface area is 170 Å². The van der Waals surface area contributed by atoms with E-state index in [1.807, 2.05) is 18.2 Å². The zero-order chi connectivity index (χ0) is 21.1. The number of likely N-dealkylation sites (tertiary alicyclic amines) is 1. The fraction of sp³-hybridized carbons (Fsp3) is 0.286. The highest BCUT2D eigenvalue weighted by molar-refractivity contribution is 5.97. The Morgan fingerprint density at radius 2 is 1.80 bits per heavy atom. The van der Waals surface area contributed by atoms with Gasteiger partial charge in [0, 0.05) is 13.1 Å². The Hall–Kier alpha value is -3.36. The van der Waals surface area contributed by atoms with E-state index in [0.717, 1.165) is 0 Å². The molecule has 0 spiro atoms. The highest BCUT2D eigenvalue weighted by atomic mass is 19.4. The molecule has 1 fully saturated rings. The lowest BCUT2D eigenvalue weighted by Crippen LogP contribution is -2.39. The molecule has 4 rings (SSSR count). The SMILES string of the molecule is O=C(c1ccccc1Oc1ccccc1)N1CCCC(c2nnc(C(F)(F)F)o2)C1. The molecular weight excluding hydrogens is 399 g/mol. The van der Waals surface area contributed by atoms with E-state index in [1.165, 1.54) is 0 Å². The first-order chi connectivity index (χ1) is 14.4. The molecule has 0 saturated carbocycles. The summed E-state index contributed by atoms with van der Waals surface area (Å²) in [7, 11) is 0. The molecule has 1 aromatic heterocycles. The van der Waals surface area contributed by atoms with Gasteiger partial charge in [0.2, 0.25) is 5.89 Å². The minimum absolute atomic E-state index is 0.103. The van der Waals surface area contributed by atoms with Gasteiger partial charge >= 0.3 is 12.1 Å². The van der Waals surface area contributed by atoms with Gasteiger partial charge < -0.3 is 14.1 Å². The average molecular weight is 417 g/mol. The van der Waals surface area contributed by atoms with E-state index in [4.69, 9.17) is 9.15 Å². The molecule has 30 heavy (non-hydrogen) atoms. The maximum atomic E-state index is 13.2. The van der Waals surface area contributed by atoms with Gasteiger partial charge in [0.1, 0.15) is 11.5 Å². The third-order valence-corrected chi connectivity index (χ3v) is 4.83. The van der Waals surface area contributed by atoms with E-state index in [0.29, 0.717) is 36.4 Å². The topological polar surface area (TPSA) is 68.5 Å². The average Bonchev–Trinajstić information content (AvgIpc) is 3.26. The lowest BCUT2D eigenvalue weighted by molar-refractivity contribution is -0.157. The van der Waals surface area contributed by atoms with Gasteiger partial charge in [0.25, 0.3) is 5.91 Å². The highest BCUT2D eigenvalue weighted by Crippen LogP contribution is 2.33. The van der Waals surface area contributed by atoms with Crippen molar-refractivity contribution >= 4 is 5.91 Å². The Kier molecular flexibility index (Phi) is 5.43. The third-order valence-electron chi connectivity index (χ3n) is 4.83. The molecule has 1 unspecified atom stereocenters. The van der Waals surface area contributed by atoms with Gasteiger partial charge in [-0.15, -0.1) is 10.2 Å². The minimum Gasteiger partial charge on any atom is -0.457 e. The lowest BCUT2D eigenvalue weighted by atomic mass is 9.97. The predicted molar refractivity (Wildman–Crippen MR) is 100 cm³/mol. The third kappa shape index (κ3) is 4.29. The summed E-state index contributed by atoms with van der Waals surface area (Å²) in [5, 5.41) is 6.63. The summed E-state index contributed by atoms with van der Waals surface area (Å²) in [6.07, 6.45) is -3.52. The maximum absolute atomic E-state index is 13.2. The van der Waals surface area contributed by atoms with Crippen LogP contribution in [0.4, 0.5) is 13.2 Å². The van der Waals surface area contributed by atoms with Gasteiger partial charge in [-0.1, -0.05) is 30.3 Å². The Balaban J connectivity index is 1.52. The quantitative estimate of drug-likeness (QED) is 0.604. The second-order valence-corrected chi connectivity index (χ2v) is 6.94. The number of amides is 1. The monoisotopic (exact) mass is 417 g/mol. The number of carbonyl (C=O) groups is 1. The smallest absolute Gasteiger partial charge is 0.457 e. The van der Waals surface area contributed by atoms with Gasteiger partial charge in [0.05, 0.1) is 11.5 Å². The van der Waals surface area contributed by atoms with Crippen LogP contribution in [0.25, 0.3) is 0 Å². The number of rotatable bonds is 4. The zero-order valence-corrected chi connectivity index (χ0v) is 15.8. The van der Waals surface area contributed by atoms with Crippen molar-refractivity contribution in [3.63, 3.8) is 0 Å². The largest absolute Gasteiger partial charge is 0.470 e. The Morgan fingerprint density at radius 3 is 2.53 bits per heavy atom. The molecule has 0 radical (unpaired) electrons. The lowest BCUT2D eigenvalue weighted by Gasteiger charge is -2.31. The molecule has 6 nitrogen and oxygen atoms in total. The van der Waals surface area contributed by atoms with E-state index < -0.39 is 18.0 Å². The molecule has 1 atom stereocenters. The molecule has 2 heterocycles. The van der Waals surface area contributed by atoms with E-state index in [1.54, 1.807) is 41.3 Å². The second kappa shape index (κ2) is 8.17. The van der Waals surface area contributed by atoms with Crippen LogP contribution in [-0.2, 0) is 6.18 Å². The molecular formula is C21H18F3N3O3.